The van der Waals surface area contributed by atoms with Crippen molar-refractivity contribution in [1.29, 1.82) is 0 Å². The molecule has 0 aliphatic heterocycles. The highest BCUT2D eigenvalue weighted by Gasteiger charge is 2.31. The highest BCUT2D eigenvalue weighted by atomic mass is 35.5. The molecule has 3 rings (SSSR count). The van der Waals surface area contributed by atoms with Crippen LogP contribution >= 0.6 is 35.2 Å². The number of carbonyl (C=O) groups is 1. The summed E-state index contributed by atoms with van der Waals surface area (Å²) in [4.78, 5) is 13.1. The molecule has 2 N–H and O–H groups in total. The third-order valence-corrected chi connectivity index (χ3v) is 5.76. The van der Waals surface area contributed by atoms with Crippen molar-refractivity contribution in [2.45, 2.75) is 12.6 Å². The number of nitrogens with one attached hydrogen (secondary N) is 2. The van der Waals surface area contributed by atoms with Gasteiger partial charge in [-0.1, -0.05) is 41.9 Å². The van der Waals surface area contributed by atoms with Gasteiger partial charge in [0.15, 0.2) is 5.11 Å². The highest BCUT2D eigenvalue weighted by molar-refractivity contribution is 7.80. The first kappa shape index (κ1) is 23.1. The fourth-order valence-electron chi connectivity index (χ4n) is 2.73. The molecule has 10 heteroatoms. The number of benzene rings is 2. The van der Waals surface area contributed by atoms with Crippen LogP contribution in [0.4, 0.5) is 23.9 Å². The van der Waals surface area contributed by atoms with Crippen LogP contribution in [0.5, 0.6) is 0 Å². The van der Waals surface area contributed by atoms with Gasteiger partial charge >= 0.3 is 12.1 Å². The Hall–Kier alpha value is -2.62. The minimum absolute atomic E-state index is 0.00493. The lowest BCUT2D eigenvalue weighted by Gasteiger charge is -2.14. The van der Waals surface area contributed by atoms with E-state index in [4.69, 9.17) is 28.6 Å². The standard InChI is InChI=1S/C21H16ClF3N2O2S2/c1-29-19(28)15-11-14(9-12-5-3-2-4-6-12)31-18(15)27-20(30)26-17-10-13(21(23,24)25)7-8-16(17)22/h2-8,10-11H,9H2,1H3,(H2,26,27,30). The molecule has 1 heterocycles. The number of ether oxygens (including phenoxy) is 1. The number of thiophene rings is 1. The van der Waals surface area contributed by atoms with Crippen LogP contribution in [0, 0.1) is 0 Å². The summed E-state index contributed by atoms with van der Waals surface area (Å²) in [5, 5.41) is 5.99. The summed E-state index contributed by atoms with van der Waals surface area (Å²) >= 11 is 12.5. The second-order valence-corrected chi connectivity index (χ2v) is 8.33. The Morgan fingerprint density at radius 1 is 1.13 bits per heavy atom. The second kappa shape index (κ2) is 9.67. The number of carbonyl (C=O) groups excluding carboxylic acids is 1. The molecule has 31 heavy (non-hydrogen) atoms. The predicted octanol–water partition coefficient (Wildman–Crippen LogP) is 6.61. The van der Waals surface area contributed by atoms with Crippen molar-refractivity contribution in [3.63, 3.8) is 0 Å². The molecule has 2 aromatic carbocycles. The fourth-order valence-corrected chi connectivity index (χ4v) is 4.26. The summed E-state index contributed by atoms with van der Waals surface area (Å²) in [6.45, 7) is 0. The zero-order chi connectivity index (χ0) is 22.6. The summed E-state index contributed by atoms with van der Waals surface area (Å²) in [5.41, 5.74) is 0.467. The van der Waals surface area contributed by atoms with Gasteiger partial charge in [-0.05, 0) is 42.0 Å². The number of alkyl halides is 3. The minimum atomic E-state index is -4.52. The van der Waals surface area contributed by atoms with Gasteiger partial charge in [0.1, 0.15) is 5.00 Å². The van der Waals surface area contributed by atoms with E-state index in [0.717, 1.165) is 28.6 Å². The van der Waals surface area contributed by atoms with Crippen LogP contribution in [0.1, 0.15) is 26.4 Å². The summed E-state index contributed by atoms with van der Waals surface area (Å²) in [7, 11) is 1.26. The number of halogens is 4. The highest BCUT2D eigenvalue weighted by Crippen LogP contribution is 2.34. The van der Waals surface area contributed by atoms with E-state index in [9.17, 15) is 18.0 Å². The van der Waals surface area contributed by atoms with E-state index in [2.05, 4.69) is 10.6 Å². The lowest BCUT2D eigenvalue weighted by molar-refractivity contribution is -0.137. The molecule has 162 valence electrons. The molecule has 0 amide bonds. The normalized spacial score (nSPS) is 11.1. The van der Waals surface area contributed by atoms with E-state index in [1.807, 2.05) is 30.3 Å². The van der Waals surface area contributed by atoms with Gasteiger partial charge in [-0.15, -0.1) is 11.3 Å². The third-order valence-electron chi connectivity index (χ3n) is 4.18. The number of anilines is 2. The molecule has 1 aromatic heterocycles. The average molecular weight is 485 g/mol. The first-order valence-corrected chi connectivity index (χ1v) is 10.5. The topological polar surface area (TPSA) is 50.4 Å². The molecule has 0 saturated carbocycles. The molecule has 0 aliphatic carbocycles. The molecule has 0 bridgehead atoms. The molecular weight excluding hydrogens is 469 g/mol. The summed E-state index contributed by atoms with van der Waals surface area (Å²) < 4.78 is 43.8. The first-order valence-electron chi connectivity index (χ1n) is 8.87. The third kappa shape index (κ3) is 5.96. The smallest absolute Gasteiger partial charge is 0.416 e. The number of methoxy groups -OCH3 is 1. The zero-order valence-electron chi connectivity index (χ0n) is 16.0. The van der Waals surface area contributed by atoms with Gasteiger partial charge in [0, 0.05) is 11.3 Å². The zero-order valence-corrected chi connectivity index (χ0v) is 18.4. The maximum atomic E-state index is 13.0. The average Bonchev–Trinajstić information content (AvgIpc) is 3.10. The Morgan fingerprint density at radius 3 is 2.48 bits per heavy atom. The van der Waals surface area contributed by atoms with E-state index < -0.39 is 17.7 Å². The number of rotatable bonds is 5. The van der Waals surface area contributed by atoms with Crippen LogP contribution < -0.4 is 10.6 Å². The van der Waals surface area contributed by atoms with Crippen molar-refractivity contribution in [2.75, 3.05) is 17.7 Å². The van der Waals surface area contributed by atoms with Crippen molar-refractivity contribution < 1.29 is 22.7 Å². The van der Waals surface area contributed by atoms with E-state index >= 15 is 0 Å². The van der Waals surface area contributed by atoms with E-state index in [-0.39, 0.29) is 21.4 Å². The van der Waals surface area contributed by atoms with Gasteiger partial charge in [-0.3, -0.25) is 0 Å². The lowest BCUT2D eigenvalue weighted by Crippen LogP contribution is -2.20. The quantitative estimate of drug-likeness (QED) is 0.315. The number of esters is 1. The van der Waals surface area contributed by atoms with Crippen molar-refractivity contribution in [2.24, 2.45) is 0 Å². The largest absolute Gasteiger partial charge is 0.465 e. The maximum absolute atomic E-state index is 13.0. The summed E-state index contributed by atoms with van der Waals surface area (Å²) in [6.07, 6.45) is -3.93. The van der Waals surface area contributed by atoms with Gasteiger partial charge in [0.2, 0.25) is 0 Å². The molecule has 0 radical (unpaired) electrons. The van der Waals surface area contributed by atoms with Crippen LogP contribution in [-0.4, -0.2) is 18.2 Å². The van der Waals surface area contributed by atoms with Crippen LogP contribution in [-0.2, 0) is 17.3 Å². The molecule has 0 saturated heterocycles. The van der Waals surface area contributed by atoms with E-state index in [1.54, 1.807) is 6.07 Å². The summed E-state index contributed by atoms with van der Waals surface area (Å²) in [6, 6.07) is 14.3. The molecule has 3 aromatic rings. The van der Waals surface area contributed by atoms with Crippen molar-refractivity contribution in [3.05, 3.63) is 81.2 Å². The number of thiocarbonyl (C=S) groups is 1. The van der Waals surface area contributed by atoms with Gasteiger partial charge in [0.25, 0.3) is 0 Å². The monoisotopic (exact) mass is 484 g/mol. The molecule has 4 nitrogen and oxygen atoms in total. The summed E-state index contributed by atoms with van der Waals surface area (Å²) in [5.74, 6) is -0.557. The van der Waals surface area contributed by atoms with E-state index in [1.165, 1.54) is 18.4 Å². The second-order valence-electron chi connectivity index (χ2n) is 6.38. The Morgan fingerprint density at radius 2 is 1.84 bits per heavy atom. The van der Waals surface area contributed by atoms with Gasteiger partial charge < -0.3 is 15.4 Å². The Kier molecular flexibility index (Phi) is 7.19. The number of hydrogen-bond donors (Lipinski definition) is 2. The van der Waals surface area contributed by atoms with Crippen LogP contribution in [0.2, 0.25) is 5.02 Å². The molecular formula is C21H16ClF3N2O2S2. The maximum Gasteiger partial charge on any atom is 0.416 e. The Labute approximate surface area is 191 Å². The Bertz CT molecular complexity index is 1100. The van der Waals surface area contributed by atoms with Gasteiger partial charge in [0.05, 0.1) is 28.9 Å². The van der Waals surface area contributed by atoms with Crippen molar-refractivity contribution >= 4 is 56.9 Å². The SMILES string of the molecule is COC(=O)c1cc(Cc2ccccc2)sc1NC(=S)Nc1cc(C(F)(F)F)ccc1Cl. The fraction of sp³-hybridized carbons (Fsp3) is 0.143. The van der Waals surface area contributed by atoms with Gasteiger partial charge in [-0.2, -0.15) is 13.2 Å². The minimum Gasteiger partial charge on any atom is -0.465 e. The first-order chi connectivity index (χ1) is 14.7. The predicted molar refractivity (Wildman–Crippen MR) is 121 cm³/mol. The molecule has 0 spiro atoms. The molecule has 0 unspecified atom stereocenters. The molecule has 0 fully saturated rings. The number of hydrogen-bond acceptors (Lipinski definition) is 4. The van der Waals surface area contributed by atoms with Crippen molar-refractivity contribution in [1.82, 2.24) is 0 Å². The van der Waals surface area contributed by atoms with Crippen LogP contribution in [0.3, 0.4) is 0 Å². The van der Waals surface area contributed by atoms with E-state index in [0.29, 0.717) is 11.4 Å². The van der Waals surface area contributed by atoms with Crippen molar-refractivity contribution in [3.8, 4) is 0 Å². The van der Waals surface area contributed by atoms with Gasteiger partial charge in [-0.25, -0.2) is 4.79 Å². The van der Waals surface area contributed by atoms with Crippen LogP contribution in [0.15, 0.2) is 54.6 Å². The van der Waals surface area contributed by atoms with Crippen LogP contribution in [0.25, 0.3) is 0 Å². The Balaban J connectivity index is 1.81. The lowest BCUT2D eigenvalue weighted by atomic mass is 10.1. The molecule has 0 atom stereocenters. The molecule has 0 aliphatic rings.